The van der Waals surface area contributed by atoms with E-state index in [0.29, 0.717) is 5.58 Å². The molecule has 0 aliphatic heterocycles. The number of fused-ring (bicyclic) bond motifs is 1. The minimum Gasteiger partial charge on any atom is -0.436 e. The lowest BCUT2D eigenvalue weighted by Gasteiger charge is -1.81. The molecule has 0 saturated heterocycles. The predicted molar refractivity (Wildman–Crippen MR) is 41.8 cm³/mol. The topological polar surface area (TPSA) is 55.5 Å². The number of hydrogen-bond acceptors (Lipinski definition) is 4. The van der Waals surface area contributed by atoms with Gasteiger partial charge in [-0.2, -0.15) is 0 Å². The predicted octanol–water partition coefficient (Wildman–Crippen LogP) is 1.80. The lowest BCUT2D eigenvalue weighted by molar-refractivity contribution is 0.561. The molecule has 0 amide bonds. The third-order valence-corrected chi connectivity index (χ3v) is 1.47. The maximum Gasteiger partial charge on any atom is 0.243 e. The average molecular weight is 160 g/mol. The molecule has 0 atom stereocenters. The molecule has 2 aromatic rings. The first kappa shape index (κ1) is 6.76. The van der Waals surface area contributed by atoms with Crippen molar-refractivity contribution in [1.82, 2.24) is 4.98 Å². The fraction of sp³-hybridized carbons (Fsp3) is 0. The van der Waals surface area contributed by atoms with Crippen LogP contribution in [0.5, 0.6) is 0 Å². The van der Waals surface area contributed by atoms with E-state index in [1.165, 1.54) is 6.08 Å². The van der Waals surface area contributed by atoms with Crippen molar-refractivity contribution >= 4 is 22.9 Å². The van der Waals surface area contributed by atoms with Gasteiger partial charge in [-0.3, -0.25) is 4.98 Å². The number of rotatable bonds is 1. The minimum atomic E-state index is 0.257. The molecule has 0 spiro atoms. The van der Waals surface area contributed by atoms with E-state index < -0.39 is 0 Å². The molecule has 2 rings (SSSR count). The molecule has 0 bridgehead atoms. The van der Waals surface area contributed by atoms with Gasteiger partial charge < -0.3 is 4.42 Å². The van der Waals surface area contributed by atoms with Crippen LogP contribution in [0.3, 0.4) is 0 Å². The molecule has 12 heavy (non-hydrogen) atoms. The Labute approximate surface area is 67.5 Å². The molecule has 0 aromatic carbocycles. The van der Waals surface area contributed by atoms with Crippen molar-refractivity contribution in [1.29, 1.82) is 0 Å². The molecule has 0 unspecified atom stereocenters. The molecule has 58 valence electrons. The number of nitrogens with zero attached hydrogens (tertiary/aromatic N) is 2. The summed E-state index contributed by atoms with van der Waals surface area (Å²) in [5, 5.41) is 0.874. The summed E-state index contributed by atoms with van der Waals surface area (Å²) in [6.45, 7) is 0. The first-order chi connectivity index (χ1) is 5.90. The fourth-order valence-corrected chi connectivity index (χ4v) is 0.970. The molecule has 0 saturated carbocycles. The van der Waals surface area contributed by atoms with E-state index in [1.54, 1.807) is 24.5 Å². The second-order valence-corrected chi connectivity index (χ2v) is 2.20. The Morgan fingerprint density at radius 1 is 1.58 bits per heavy atom. The number of pyridine rings is 1. The van der Waals surface area contributed by atoms with Gasteiger partial charge in [0.15, 0.2) is 5.58 Å². The number of aliphatic imine (C=N–C) groups is 1. The van der Waals surface area contributed by atoms with Gasteiger partial charge in [-0.05, 0) is 6.07 Å². The third kappa shape index (κ3) is 1.00. The summed E-state index contributed by atoms with van der Waals surface area (Å²) in [4.78, 5) is 17.1. The van der Waals surface area contributed by atoms with Crippen LogP contribution < -0.4 is 0 Å². The van der Waals surface area contributed by atoms with E-state index in [9.17, 15) is 4.79 Å². The summed E-state index contributed by atoms with van der Waals surface area (Å²) in [5.41, 5.74) is 0.617. The van der Waals surface area contributed by atoms with Gasteiger partial charge in [0, 0.05) is 17.6 Å². The smallest absolute Gasteiger partial charge is 0.243 e. The Kier molecular flexibility index (Phi) is 1.47. The number of isocyanates is 1. The van der Waals surface area contributed by atoms with Gasteiger partial charge in [0.2, 0.25) is 12.0 Å². The van der Waals surface area contributed by atoms with Crippen LogP contribution in [0.15, 0.2) is 33.9 Å². The molecular formula is C8H4N2O2. The van der Waals surface area contributed by atoms with Crippen LogP contribution in [-0.4, -0.2) is 11.1 Å². The second kappa shape index (κ2) is 2.60. The minimum absolute atomic E-state index is 0.257. The number of hydrogen-bond donors (Lipinski definition) is 0. The molecule has 0 radical (unpaired) electrons. The Bertz CT molecular complexity index is 422. The van der Waals surface area contributed by atoms with E-state index in [-0.39, 0.29) is 5.88 Å². The van der Waals surface area contributed by atoms with Crippen LogP contribution in [0, 0.1) is 0 Å². The quantitative estimate of drug-likeness (QED) is 0.472. The molecule has 0 fully saturated rings. The standard InChI is InChI=1S/C8H4N2O2/c11-5-10-8-3-6-1-2-9-4-7(6)12-8/h1-4H. The van der Waals surface area contributed by atoms with E-state index >= 15 is 0 Å². The fourth-order valence-electron chi connectivity index (χ4n) is 0.970. The molecule has 0 N–H and O–H groups in total. The highest BCUT2D eigenvalue weighted by atomic mass is 16.3. The molecular weight excluding hydrogens is 156 g/mol. The van der Waals surface area contributed by atoms with Crippen molar-refractivity contribution in [3.63, 3.8) is 0 Å². The zero-order valence-corrected chi connectivity index (χ0v) is 6.02. The van der Waals surface area contributed by atoms with Gasteiger partial charge in [-0.15, -0.1) is 4.99 Å². The van der Waals surface area contributed by atoms with E-state index in [2.05, 4.69) is 9.98 Å². The SMILES string of the molecule is O=C=Nc1cc2ccncc2o1. The Hall–Kier alpha value is -1.93. The summed E-state index contributed by atoms with van der Waals surface area (Å²) in [6, 6.07) is 3.44. The average Bonchev–Trinajstić information content (AvgIpc) is 2.47. The van der Waals surface area contributed by atoms with E-state index in [1.807, 2.05) is 0 Å². The highest BCUT2D eigenvalue weighted by Crippen LogP contribution is 2.23. The molecule has 2 aromatic heterocycles. The highest BCUT2D eigenvalue weighted by molar-refractivity contribution is 5.79. The largest absolute Gasteiger partial charge is 0.436 e. The lowest BCUT2D eigenvalue weighted by Crippen LogP contribution is -1.65. The van der Waals surface area contributed by atoms with Crippen molar-refractivity contribution in [3.05, 3.63) is 24.5 Å². The summed E-state index contributed by atoms with van der Waals surface area (Å²) in [5.74, 6) is 0.257. The van der Waals surface area contributed by atoms with Gasteiger partial charge in [-0.1, -0.05) is 0 Å². The monoisotopic (exact) mass is 160 g/mol. The van der Waals surface area contributed by atoms with Gasteiger partial charge in [0.25, 0.3) is 0 Å². The van der Waals surface area contributed by atoms with Crippen LogP contribution in [0.1, 0.15) is 0 Å². The second-order valence-electron chi connectivity index (χ2n) is 2.20. The number of carbonyl (C=O) groups excluding carboxylic acids is 1. The summed E-state index contributed by atoms with van der Waals surface area (Å²) in [6.07, 6.45) is 4.62. The zero-order chi connectivity index (χ0) is 8.39. The van der Waals surface area contributed by atoms with Crippen molar-refractivity contribution < 1.29 is 9.21 Å². The maximum absolute atomic E-state index is 9.88. The summed E-state index contributed by atoms with van der Waals surface area (Å²) >= 11 is 0. The Balaban J connectivity index is 2.69. The van der Waals surface area contributed by atoms with Crippen LogP contribution in [0.25, 0.3) is 11.0 Å². The van der Waals surface area contributed by atoms with Crippen molar-refractivity contribution in [2.24, 2.45) is 4.99 Å². The molecule has 0 aliphatic carbocycles. The normalized spacial score (nSPS) is 9.67. The molecule has 0 aliphatic rings. The van der Waals surface area contributed by atoms with Crippen LogP contribution in [0.4, 0.5) is 5.88 Å². The van der Waals surface area contributed by atoms with Crippen LogP contribution in [0.2, 0.25) is 0 Å². The van der Waals surface area contributed by atoms with Crippen LogP contribution in [-0.2, 0) is 4.79 Å². The highest BCUT2D eigenvalue weighted by Gasteiger charge is 2.00. The van der Waals surface area contributed by atoms with Crippen molar-refractivity contribution in [2.75, 3.05) is 0 Å². The van der Waals surface area contributed by atoms with E-state index in [4.69, 9.17) is 4.42 Å². The van der Waals surface area contributed by atoms with Crippen molar-refractivity contribution in [3.8, 4) is 0 Å². The molecule has 4 heteroatoms. The summed E-state index contributed by atoms with van der Waals surface area (Å²) in [7, 11) is 0. The first-order valence-electron chi connectivity index (χ1n) is 3.31. The number of furan rings is 1. The van der Waals surface area contributed by atoms with Gasteiger partial charge >= 0.3 is 0 Å². The van der Waals surface area contributed by atoms with Gasteiger partial charge in [0.1, 0.15) is 0 Å². The Morgan fingerprint density at radius 3 is 3.25 bits per heavy atom. The third-order valence-electron chi connectivity index (χ3n) is 1.47. The van der Waals surface area contributed by atoms with Crippen LogP contribution >= 0.6 is 0 Å². The molecule has 4 nitrogen and oxygen atoms in total. The zero-order valence-electron chi connectivity index (χ0n) is 6.02. The van der Waals surface area contributed by atoms with Gasteiger partial charge in [0.05, 0.1) is 6.20 Å². The van der Waals surface area contributed by atoms with Crippen molar-refractivity contribution in [2.45, 2.75) is 0 Å². The summed E-state index contributed by atoms with van der Waals surface area (Å²) < 4.78 is 5.12. The Morgan fingerprint density at radius 2 is 2.50 bits per heavy atom. The van der Waals surface area contributed by atoms with Gasteiger partial charge in [-0.25, -0.2) is 4.79 Å². The number of aromatic nitrogens is 1. The lowest BCUT2D eigenvalue weighted by atomic mass is 10.3. The maximum atomic E-state index is 9.88. The first-order valence-corrected chi connectivity index (χ1v) is 3.31. The molecule has 2 heterocycles. The van der Waals surface area contributed by atoms with E-state index in [0.717, 1.165) is 5.39 Å².